The SMILES string of the molecule is COc1ccc(Cn2ccc3c(cnc4c(-c5ccccc5)c(C)nn43)c2=O)cc1. The molecule has 6 heteroatoms. The fourth-order valence-corrected chi connectivity index (χ4v) is 3.81. The van der Waals surface area contributed by atoms with Crippen molar-refractivity contribution in [2.45, 2.75) is 13.5 Å². The van der Waals surface area contributed by atoms with Crippen molar-refractivity contribution in [3.8, 4) is 16.9 Å². The Morgan fingerprint density at radius 2 is 1.77 bits per heavy atom. The maximum absolute atomic E-state index is 13.1. The molecule has 0 unspecified atom stereocenters. The fourth-order valence-electron chi connectivity index (χ4n) is 3.81. The Bertz CT molecular complexity index is 1420. The third-order valence-corrected chi connectivity index (χ3v) is 5.33. The van der Waals surface area contributed by atoms with Crippen molar-refractivity contribution in [2.75, 3.05) is 7.11 Å². The van der Waals surface area contributed by atoms with Crippen LogP contribution in [0, 0.1) is 6.92 Å². The summed E-state index contributed by atoms with van der Waals surface area (Å²) in [6, 6.07) is 19.7. The lowest BCUT2D eigenvalue weighted by Gasteiger charge is -2.09. The number of hydrogen-bond donors (Lipinski definition) is 0. The predicted molar refractivity (Wildman–Crippen MR) is 117 cm³/mol. The minimum atomic E-state index is -0.0906. The van der Waals surface area contributed by atoms with Gasteiger partial charge < -0.3 is 9.30 Å². The lowest BCUT2D eigenvalue weighted by atomic mass is 10.1. The zero-order valence-corrected chi connectivity index (χ0v) is 16.7. The molecule has 6 nitrogen and oxygen atoms in total. The first-order valence-electron chi connectivity index (χ1n) is 9.71. The molecule has 5 aromatic rings. The number of benzene rings is 2. The van der Waals surface area contributed by atoms with Crippen LogP contribution in [0.4, 0.5) is 0 Å². The lowest BCUT2D eigenvalue weighted by molar-refractivity contribution is 0.414. The quantitative estimate of drug-likeness (QED) is 0.459. The van der Waals surface area contributed by atoms with Crippen molar-refractivity contribution in [1.82, 2.24) is 19.2 Å². The van der Waals surface area contributed by atoms with Crippen LogP contribution in [0.25, 0.3) is 27.7 Å². The highest BCUT2D eigenvalue weighted by molar-refractivity contribution is 5.86. The number of nitrogens with zero attached hydrogens (tertiary/aromatic N) is 4. The minimum Gasteiger partial charge on any atom is -0.497 e. The molecule has 0 saturated heterocycles. The van der Waals surface area contributed by atoms with Gasteiger partial charge in [0.25, 0.3) is 5.56 Å². The standard InChI is InChI=1S/C24H20N4O2/c1-16-22(18-6-4-3-5-7-18)23-25-14-20-21(28(23)26-16)12-13-27(24(20)29)15-17-8-10-19(30-2)11-9-17/h3-14H,15H2,1-2H3. The van der Waals surface area contributed by atoms with Crippen LogP contribution in [-0.2, 0) is 6.54 Å². The maximum Gasteiger partial charge on any atom is 0.261 e. The molecule has 0 N–H and O–H groups in total. The van der Waals surface area contributed by atoms with E-state index in [0.717, 1.165) is 39.3 Å². The minimum absolute atomic E-state index is 0.0906. The van der Waals surface area contributed by atoms with E-state index in [0.29, 0.717) is 11.9 Å². The summed E-state index contributed by atoms with van der Waals surface area (Å²) in [4.78, 5) is 17.7. The molecule has 5 rings (SSSR count). The number of rotatable bonds is 4. The van der Waals surface area contributed by atoms with E-state index in [1.54, 1.807) is 22.4 Å². The Hall–Kier alpha value is -3.93. The molecule has 3 heterocycles. The predicted octanol–water partition coefficient (Wildman–Crippen LogP) is 4.08. The van der Waals surface area contributed by atoms with Crippen LogP contribution < -0.4 is 10.3 Å². The van der Waals surface area contributed by atoms with Crippen LogP contribution in [0.15, 0.2) is 77.9 Å². The monoisotopic (exact) mass is 396 g/mol. The molecule has 30 heavy (non-hydrogen) atoms. The van der Waals surface area contributed by atoms with E-state index < -0.39 is 0 Å². The summed E-state index contributed by atoms with van der Waals surface area (Å²) in [5.41, 5.74) is 5.35. The van der Waals surface area contributed by atoms with E-state index in [1.165, 1.54) is 0 Å². The van der Waals surface area contributed by atoms with E-state index in [9.17, 15) is 4.79 Å². The van der Waals surface area contributed by atoms with E-state index in [-0.39, 0.29) is 5.56 Å². The third-order valence-electron chi connectivity index (χ3n) is 5.33. The Morgan fingerprint density at radius 1 is 1.00 bits per heavy atom. The van der Waals surface area contributed by atoms with Crippen LogP contribution in [0.5, 0.6) is 5.75 Å². The van der Waals surface area contributed by atoms with E-state index in [4.69, 9.17) is 4.74 Å². The van der Waals surface area contributed by atoms with Gasteiger partial charge in [-0.3, -0.25) is 4.79 Å². The molecule has 0 aliphatic rings. The highest BCUT2D eigenvalue weighted by Crippen LogP contribution is 2.28. The van der Waals surface area contributed by atoms with Crippen molar-refractivity contribution in [1.29, 1.82) is 0 Å². The molecule has 0 radical (unpaired) electrons. The van der Waals surface area contributed by atoms with Gasteiger partial charge in [0.05, 0.1) is 30.3 Å². The Balaban J connectivity index is 1.62. The molecule has 2 aromatic carbocycles. The van der Waals surface area contributed by atoms with E-state index in [2.05, 4.69) is 10.1 Å². The van der Waals surface area contributed by atoms with Gasteiger partial charge >= 0.3 is 0 Å². The topological polar surface area (TPSA) is 61.4 Å². The Morgan fingerprint density at radius 3 is 2.50 bits per heavy atom. The second kappa shape index (κ2) is 7.15. The molecule has 0 spiro atoms. The first kappa shape index (κ1) is 18.1. The third kappa shape index (κ3) is 2.93. The van der Waals surface area contributed by atoms with Gasteiger partial charge in [0.15, 0.2) is 5.65 Å². The molecule has 0 aliphatic heterocycles. The van der Waals surface area contributed by atoms with Crippen molar-refractivity contribution >= 4 is 16.6 Å². The van der Waals surface area contributed by atoms with E-state index in [1.807, 2.05) is 73.8 Å². The van der Waals surface area contributed by atoms with Gasteiger partial charge in [-0.2, -0.15) is 5.10 Å². The van der Waals surface area contributed by atoms with Crippen LogP contribution in [0.2, 0.25) is 0 Å². The molecule has 0 amide bonds. The summed E-state index contributed by atoms with van der Waals surface area (Å²) >= 11 is 0. The maximum atomic E-state index is 13.1. The number of aromatic nitrogens is 4. The van der Waals surface area contributed by atoms with Crippen LogP contribution in [-0.4, -0.2) is 26.3 Å². The molecule has 0 aliphatic carbocycles. The second-order valence-corrected chi connectivity index (χ2v) is 7.22. The molecular formula is C24H20N4O2. The zero-order chi connectivity index (χ0) is 20.7. The van der Waals surface area contributed by atoms with Gasteiger partial charge in [-0.1, -0.05) is 42.5 Å². The number of aryl methyl sites for hydroxylation is 1. The van der Waals surface area contributed by atoms with E-state index >= 15 is 0 Å². The summed E-state index contributed by atoms with van der Waals surface area (Å²) < 4.78 is 8.66. The van der Waals surface area contributed by atoms with Crippen molar-refractivity contribution in [3.05, 3.63) is 94.7 Å². The average molecular weight is 396 g/mol. The summed E-state index contributed by atoms with van der Waals surface area (Å²) in [6.07, 6.45) is 3.47. The van der Waals surface area contributed by atoms with Crippen molar-refractivity contribution < 1.29 is 4.74 Å². The van der Waals surface area contributed by atoms with Gasteiger partial charge in [-0.05, 0) is 36.2 Å². The summed E-state index contributed by atoms with van der Waals surface area (Å²) in [6.45, 7) is 2.44. The number of methoxy groups -OCH3 is 1. The summed E-state index contributed by atoms with van der Waals surface area (Å²) in [5, 5.41) is 5.23. The lowest BCUT2D eigenvalue weighted by Crippen LogP contribution is -2.21. The molecule has 0 saturated carbocycles. The average Bonchev–Trinajstić information content (AvgIpc) is 3.13. The second-order valence-electron chi connectivity index (χ2n) is 7.22. The van der Waals surface area contributed by atoms with Crippen molar-refractivity contribution in [3.63, 3.8) is 0 Å². The van der Waals surface area contributed by atoms with Gasteiger partial charge in [0, 0.05) is 18.0 Å². The highest BCUT2D eigenvalue weighted by atomic mass is 16.5. The van der Waals surface area contributed by atoms with Gasteiger partial charge in [0.2, 0.25) is 0 Å². The van der Waals surface area contributed by atoms with Gasteiger partial charge in [-0.25, -0.2) is 9.50 Å². The fraction of sp³-hybridized carbons (Fsp3) is 0.125. The van der Waals surface area contributed by atoms with Crippen LogP contribution in [0.1, 0.15) is 11.3 Å². The first-order chi connectivity index (χ1) is 14.7. The molecule has 148 valence electrons. The number of hydrogen-bond acceptors (Lipinski definition) is 4. The number of pyridine rings is 1. The van der Waals surface area contributed by atoms with Gasteiger partial charge in [-0.15, -0.1) is 0 Å². The van der Waals surface area contributed by atoms with Crippen LogP contribution >= 0.6 is 0 Å². The first-order valence-corrected chi connectivity index (χ1v) is 9.71. The highest BCUT2D eigenvalue weighted by Gasteiger charge is 2.16. The zero-order valence-electron chi connectivity index (χ0n) is 16.7. The molecule has 0 bridgehead atoms. The summed E-state index contributed by atoms with van der Waals surface area (Å²) in [7, 11) is 1.64. The largest absolute Gasteiger partial charge is 0.497 e. The molecule has 3 aromatic heterocycles. The van der Waals surface area contributed by atoms with Crippen molar-refractivity contribution in [2.24, 2.45) is 0 Å². The normalized spacial score (nSPS) is 11.3. The smallest absolute Gasteiger partial charge is 0.261 e. The number of ether oxygens (including phenoxy) is 1. The van der Waals surface area contributed by atoms with Crippen LogP contribution in [0.3, 0.4) is 0 Å². The summed E-state index contributed by atoms with van der Waals surface area (Å²) in [5.74, 6) is 0.791. The Kier molecular flexibility index (Phi) is 4.32. The number of fused-ring (bicyclic) bond motifs is 3. The molecular weight excluding hydrogens is 376 g/mol. The van der Waals surface area contributed by atoms with Gasteiger partial charge in [0.1, 0.15) is 5.75 Å². The molecule has 0 fully saturated rings. The molecule has 0 atom stereocenters. The Labute approximate surface area is 173 Å².